The van der Waals surface area contributed by atoms with Crippen LogP contribution in [0.2, 0.25) is 5.02 Å². The van der Waals surface area contributed by atoms with Crippen LogP contribution in [0.1, 0.15) is 53.9 Å². The number of rotatable bonds is 7. The minimum atomic E-state index is -0.697. The largest absolute Gasteiger partial charge is 0.489 e. The molecule has 154 valence electrons. The molecule has 0 amide bonds. The lowest BCUT2D eigenvalue weighted by Crippen LogP contribution is -2.49. The predicted molar refractivity (Wildman–Crippen MR) is 115 cm³/mol. The molecule has 1 saturated heterocycles. The molecule has 1 heterocycles. The molecule has 0 spiro atoms. The van der Waals surface area contributed by atoms with Crippen molar-refractivity contribution in [1.82, 2.24) is 4.90 Å². The first-order valence-electron chi connectivity index (χ1n) is 10.5. The molecule has 4 rings (SSSR count). The molecule has 0 bridgehead atoms. The maximum absolute atomic E-state index is 10.9. The Labute approximate surface area is 177 Å². The summed E-state index contributed by atoms with van der Waals surface area (Å²) in [5, 5.41) is 9.85. The van der Waals surface area contributed by atoms with Gasteiger partial charge in [0.2, 0.25) is 0 Å². The van der Waals surface area contributed by atoms with Crippen LogP contribution < -0.4 is 4.74 Å². The molecule has 0 unspecified atom stereocenters. The van der Waals surface area contributed by atoms with Crippen LogP contribution in [-0.4, -0.2) is 29.1 Å². The van der Waals surface area contributed by atoms with Crippen molar-refractivity contribution in [3.05, 3.63) is 63.7 Å². The first kappa shape index (κ1) is 20.2. The molecule has 29 heavy (non-hydrogen) atoms. The molecule has 0 atom stereocenters. The molecule has 1 aliphatic heterocycles. The SMILES string of the molecule is Cc1cc(CN2CC(C(=O)O)C2)ccc1OCc1ccc(C2CCCC2)c(Cl)c1. The zero-order valence-electron chi connectivity index (χ0n) is 16.9. The van der Waals surface area contributed by atoms with Gasteiger partial charge in [-0.05, 0) is 60.1 Å². The third-order valence-corrected chi connectivity index (χ3v) is 6.53. The molecule has 1 N–H and O–H groups in total. The summed E-state index contributed by atoms with van der Waals surface area (Å²) in [6, 6.07) is 12.5. The highest BCUT2D eigenvalue weighted by atomic mass is 35.5. The summed E-state index contributed by atoms with van der Waals surface area (Å²) in [5.74, 6) is 0.573. The van der Waals surface area contributed by atoms with Gasteiger partial charge in [-0.15, -0.1) is 0 Å². The summed E-state index contributed by atoms with van der Waals surface area (Å²) in [5.41, 5.74) is 4.64. The number of carboxylic acids is 1. The molecule has 0 radical (unpaired) electrons. The maximum atomic E-state index is 10.9. The van der Waals surface area contributed by atoms with Gasteiger partial charge >= 0.3 is 5.97 Å². The Morgan fingerprint density at radius 3 is 2.52 bits per heavy atom. The number of nitrogens with zero attached hydrogens (tertiary/aromatic N) is 1. The minimum absolute atomic E-state index is 0.217. The Morgan fingerprint density at radius 1 is 1.14 bits per heavy atom. The van der Waals surface area contributed by atoms with E-state index in [9.17, 15) is 4.79 Å². The summed E-state index contributed by atoms with van der Waals surface area (Å²) >= 11 is 6.54. The average Bonchev–Trinajstić information content (AvgIpc) is 3.17. The van der Waals surface area contributed by atoms with Gasteiger partial charge in [-0.3, -0.25) is 9.69 Å². The zero-order chi connectivity index (χ0) is 20.4. The van der Waals surface area contributed by atoms with Crippen molar-refractivity contribution < 1.29 is 14.6 Å². The molecule has 2 fully saturated rings. The van der Waals surface area contributed by atoms with Crippen molar-refractivity contribution in [3.8, 4) is 5.75 Å². The fraction of sp³-hybridized carbons (Fsp3) is 0.458. The number of aliphatic carboxylic acids is 1. The van der Waals surface area contributed by atoms with Crippen LogP contribution in [0.5, 0.6) is 5.75 Å². The zero-order valence-corrected chi connectivity index (χ0v) is 17.6. The molecule has 4 nitrogen and oxygen atoms in total. The lowest BCUT2D eigenvalue weighted by molar-refractivity contribution is -0.147. The molecular formula is C24H28ClNO3. The second-order valence-corrected chi connectivity index (χ2v) is 8.86. The Balaban J connectivity index is 1.33. The number of ether oxygens (including phenoxy) is 1. The van der Waals surface area contributed by atoms with Gasteiger partial charge in [0, 0.05) is 24.7 Å². The fourth-order valence-electron chi connectivity index (χ4n) is 4.47. The maximum Gasteiger partial charge on any atom is 0.309 e. The molecule has 0 aromatic heterocycles. The number of hydrogen-bond donors (Lipinski definition) is 1. The summed E-state index contributed by atoms with van der Waals surface area (Å²) < 4.78 is 6.04. The minimum Gasteiger partial charge on any atom is -0.489 e. The van der Waals surface area contributed by atoms with Gasteiger partial charge in [-0.25, -0.2) is 0 Å². The molecule has 1 aliphatic carbocycles. The topological polar surface area (TPSA) is 49.8 Å². The number of likely N-dealkylation sites (tertiary alicyclic amines) is 1. The van der Waals surface area contributed by atoms with Crippen LogP contribution in [0.15, 0.2) is 36.4 Å². The number of halogens is 1. The third-order valence-electron chi connectivity index (χ3n) is 6.21. The first-order chi connectivity index (χ1) is 14.0. The highest BCUT2D eigenvalue weighted by Crippen LogP contribution is 2.38. The second-order valence-electron chi connectivity index (χ2n) is 8.46. The Morgan fingerprint density at radius 2 is 1.86 bits per heavy atom. The van der Waals surface area contributed by atoms with Gasteiger partial charge in [0.15, 0.2) is 0 Å². The van der Waals surface area contributed by atoms with E-state index >= 15 is 0 Å². The van der Waals surface area contributed by atoms with E-state index in [0.717, 1.165) is 28.4 Å². The average molecular weight is 414 g/mol. The first-order valence-corrected chi connectivity index (χ1v) is 10.8. The van der Waals surface area contributed by atoms with E-state index in [-0.39, 0.29) is 5.92 Å². The summed E-state index contributed by atoms with van der Waals surface area (Å²) in [4.78, 5) is 13.1. The molecule has 2 aromatic rings. The molecule has 5 heteroatoms. The predicted octanol–water partition coefficient (Wildman–Crippen LogP) is 5.40. The van der Waals surface area contributed by atoms with Crippen molar-refractivity contribution in [2.75, 3.05) is 13.1 Å². The summed E-state index contributed by atoms with van der Waals surface area (Å²) in [6.45, 7) is 4.58. The van der Waals surface area contributed by atoms with Crippen LogP contribution in [0.4, 0.5) is 0 Å². The van der Waals surface area contributed by atoms with Crippen LogP contribution in [0, 0.1) is 12.8 Å². The quantitative estimate of drug-likeness (QED) is 0.660. The number of hydrogen-bond acceptors (Lipinski definition) is 3. The lowest BCUT2D eigenvalue weighted by atomic mass is 9.96. The molecule has 2 aromatic carbocycles. The van der Waals surface area contributed by atoms with Gasteiger partial charge < -0.3 is 9.84 Å². The van der Waals surface area contributed by atoms with E-state index in [1.807, 2.05) is 19.1 Å². The van der Waals surface area contributed by atoms with Crippen molar-refractivity contribution in [2.24, 2.45) is 5.92 Å². The Kier molecular flexibility index (Phi) is 6.12. The van der Waals surface area contributed by atoms with Crippen LogP contribution in [0.3, 0.4) is 0 Å². The normalized spacial score (nSPS) is 18.0. The van der Waals surface area contributed by atoms with Crippen LogP contribution in [0.25, 0.3) is 0 Å². The molecule has 1 saturated carbocycles. The number of benzene rings is 2. The molecular weight excluding hydrogens is 386 g/mol. The van der Waals surface area contributed by atoms with E-state index in [0.29, 0.717) is 25.6 Å². The third kappa shape index (κ3) is 4.76. The van der Waals surface area contributed by atoms with Crippen LogP contribution >= 0.6 is 11.6 Å². The second kappa shape index (κ2) is 8.76. The van der Waals surface area contributed by atoms with Crippen molar-refractivity contribution in [1.29, 1.82) is 0 Å². The Bertz CT molecular complexity index is 886. The Hall–Kier alpha value is -2.04. The van der Waals surface area contributed by atoms with Crippen molar-refractivity contribution >= 4 is 17.6 Å². The summed E-state index contributed by atoms with van der Waals surface area (Å²) in [7, 11) is 0. The van der Waals surface area contributed by atoms with E-state index in [2.05, 4.69) is 29.2 Å². The van der Waals surface area contributed by atoms with E-state index in [1.54, 1.807) is 0 Å². The highest BCUT2D eigenvalue weighted by molar-refractivity contribution is 6.31. The monoisotopic (exact) mass is 413 g/mol. The van der Waals surface area contributed by atoms with Crippen LogP contribution in [-0.2, 0) is 17.9 Å². The number of carboxylic acid groups (broad SMARTS) is 1. The molecule has 2 aliphatic rings. The number of carbonyl (C=O) groups is 1. The number of aryl methyl sites for hydroxylation is 1. The summed E-state index contributed by atoms with van der Waals surface area (Å²) in [6.07, 6.45) is 5.10. The lowest BCUT2D eigenvalue weighted by Gasteiger charge is -2.36. The smallest absolute Gasteiger partial charge is 0.309 e. The highest BCUT2D eigenvalue weighted by Gasteiger charge is 2.32. The van der Waals surface area contributed by atoms with Crippen molar-refractivity contribution in [3.63, 3.8) is 0 Å². The van der Waals surface area contributed by atoms with Gasteiger partial charge in [-0.2, -0.15) is 0 Å². The van der Waals surface area contributed by atoms with Gasteiger partial charge in [0.1, 0.15) is 12.4 Å². The van der Waals surface area contributed by atoms with Gasteiger partial charge in [-0.1, -0.05) is 48.7 Å². The van der Waals surface area contributed by atoms with Gasteiger partial charge in [0.05, 0.1) is 5.92 Å². The fourth-order valence-corrected chi connectivity index (χ4v) is 4.83. The van der Waals surface area contributed by atoms with E-state index in [1.165, 1.54) is 36.8 Å². The van der Waals surface area contributed by atoms with Crippen molar-refractivity contribution in [2.45, 2.75) is 51.7 Å². The van der Waals surface area contributed by atoms with E-state index in [4.69, 9.17) is 21.4 Å². The van der Waals surface area contributed by atoms with E-state index < -0.39 is 5.97 Å². The standard InChI is InChI=1S/C24H28ClNO3/c1-16-10-17(12-26-13-20(14-26)24(27)28)7-9-23(16)29-15-18-6-8-21(22(25)11-18)19-4-2-3-5-19/h6-11,19-20H,2-5,12-15H2,1H3,(H,27,28). The van der Waals surface area contributed by atoms with Gasteiger partial charge in [0.25, 0.3) is 0 Å².